The van der Waals surface area contributed by atoms with Gasteiger partial charge in [-0.25, -0.2) is 9.97 Å². The Hall–Kier alpha value is -0.960. The van der Waals surface area contributed by atoms with Crippen molar-refractivity contribution in [3.8, 4) is 0 Å². The van der Waals surface area contributed by atoms with Gasteiger partial charge in [0.2, 0.25) is 0 Å². The summed E-state index contributed by atoms with van der Waals surface area (Å²) in [4.78, 5) is 8.14. The zero-order valence-electron chi connectivity index (χ0n) is 10.2. The summed E-state index contributed by atoms with van der Waals surface area (Å²) in [6.07, 6.45) is 9.86. The van der Waals surface area contributed by atoms with E-state index in [1.165, 1.54) is 12.8 Å². The fraction of sp³-hybridized carbons (Fsp3) is 0.692. The zero-order valence-corrected chi connectivity index (χ0v) is 10.2. The Morgan fingerprint density at radius 3 is 2.31 bits per heavy atom. The summed E-state index contributed by atoms with van der Waals surface area (Å²) in [6.45, 7) is 4.61. The first-order chi connectivity index (χ1) is 7.62. The van der Waals surface area contributed by atoms with Crippen molar-refractivity contribution in [3.05, 3.63) is 24.3 Å². The summed E-state index contributed by atoms with van der Waals surface area (Å²) in [5, 5.41) is 0. The molecule has 2 N–H and O–H groups in total. The fourth-order valence-electron chi connectivity index (χ4n) is 2.67. The van der Waals surface area contributed by atoms with Crippen LogP contribution in [0.25, 0.3) is 0 Å². The van der Waals surface area contributed by atoms with Gasteiger partial charge >= 0.3 is 0 Å². The van der Waals surface area contributed by atoms with Gasteiger partial charge in [-0.05, 0) is 37.5 Å². The molecule has 1 saturated carbocycles. The Morgan fingerprint density at radius 1 is 1.25 bits per heavy atom. The molecule has 1 fully saturated rings. The normalized spacial score (nSPS) is 30.6. The lowest BCUT2D eigenvalue weighted by Gasteiger charge is -2.38. The molecule has 0 saturated heterocycles. The Bertz CT molecular complexity index is 326. The van der Waals surface area contributed by atoms with Crippen molar-refractivity contribution in [3.63, 3.8) is 0 Å². The van der Waals surface area contributed by atoms with Crippen LogP contribution < -0.4 is 5.73 Å². The van der Waals surface area contributed by atoms with E-state index in [0.717, 1.165) is 30.2 Å². The molecule has 3 nitrogen and oxygen atoms in total. The summed E-state index contributed by atoms with van der Waals surface area (Å²) < 4.78 is 0. The van der Waals surface area contributed by atoms with Crippen molar-refractivity contribution in [2.45, 2.75) is 45.1 Å². The molecule has 2 rings (SSSR count). The van der Waals surface area contributed by atoms with E-state index >= 15 is 0 Å². The Kier molecular flexibility index (Phi) is 3.24. The topological polar surface area (TPSA) is 51.8 Å². The molecule has 3 heteroatoms. The molecule has 0 spiro atoms. The number of nitrogens with zero attached hydrogens (tertiary/aromatic N) is 2. The highest BCUT2D eigenvalue weighted by atomic mass is 14.8. The van der Waals surface area contributed by atoms with Gasteiger partial charge in [-0.1, -0.05) is 13.8 Å². The van der Waals surface area contributed by atoms with Crippen molar-refractivity contribution in [2.24, 2.45) is 17.6 Å². The van der Waals surface area contributed by atoms with Crippen LogP contribution in [0.1, 0.15) is 45.1 Å². The molecule has 1 aliphatic rings. The highest BCUT2D eigenvalue weighted by Gasteiger charge is 2.34. The van der Waals surface area contributed by atoms with Gasteiger partial charge in [0.1, 0.15) is 6.33 Å². The van der Waals surface area contributed by atoms with Crippen LogP contribution in [0.2, 0.25) is 0 Å². The van der Waals surface area contributed by atoms with Crippen LogP contribution in [0.3, 0.4) is 0 Å². The minimum Gasteiger partial charge on any atom is -0.321 e. The number of rotatable bonds is 2. The molecule has 1 heterocycles. The number of nitrogens with two attached hydrogens (primary N) is 1. The van der Waals surface area contributed by atoms with Crippen molar-refractivity contribution >= 4 is 0 Å². The molecule has 0 aromatic carbocycles. The average Bonchev–Trinajstić information content (AvgIpc) is 2.31. The molecular formula is C13H21N3. The van der Waals surface area contributed by atoms with Gasteiger partial charge in [0.15, 0.2) is 0 Å². The number of hydrogen-bond donors (Lipinski definition) is 1. The number of hydrogen-bond acceptors (Lipinski definition) is 3. The molecule has 1 aromatic heterocycles. The van der Waals surface area contributed by atoms with Crippen LogP contribution in [0.4, 0.5) is 0 Å². The smallest absolute Gasteiger partial charge is 0.115 e. The molecule has 0 amide bonds. The van der Waals surface area contributed by atoms with E-state index in [0.29, 0.717) is 0 Å². The zero-order chi connectivity index (χ0) is 11.6. The summed E-state index contributed by atoms with van der Waals surface area (Å²) in [6, 6.07) is 0. The number of aromatic nitrogens is 2. The van der Waals surface area contributed by atoms with Gasteiger partial charge in [0, 0.05) is 23.5 Å². The lowest BCUT2D eigenvalue weighted by Crippen LogP contribution is -2.41. The molecule has 0 aliphatic heterocycles. The van der Waals surface area contributed by atoms with Gasteiger partial charge < -0.3 is 5.73 Å². The van der Waals surface area contributed by atoms with Crippen molar-refractivity contribution in [2.75, 3.05) is 0 Å². The minimum absolute atomic E-state index is 0.188. The Labute approximate surface area is 97.5 Å². The predicted octanol–water partition coefficient (Wildman–Crippen LogP) is 2.48. The second-order valence-electron chi connectivity index (χ2n) is 5.36. The summed E-state index contributed by atoms with van der Waals surface area (Å²) in [5.41, 5.74) is 7.37. The SMILES string of the molecule is CC(C)C1CCC(N)(c2cncnc2)CC1. The lowest BCUT2D eigenvalue weighted by molar-refractivity contribution is 0.195. The van der Waals surface area contributed by atoms with Crippen LogP contribution >= 0.6 is 0 Å². The predicted molar refractivity (Wildman–Crippen MR) is 64.7 cm³/mol. The molecule has 0 atom stereocenters. The molecule has 1 aliphatic carbocycles. The quantitative estimate of drug-likeness (QED) is 0.831. The van der Waals surface area contributed by atoms with Crippen molar-refractivity contribution in [1.82, 2.24) is 9.97 Å². The third-order valence-electron chi connectivity index (χ3n) is 4.00. The Morgan fingerprint density at radius 2 is 1.81 bits per heavy atom. The first kappa shape index (κ1) is 11.5. The van der Waals surface area contributed by atoms with Crippen LogP contribution in [-0.4, -0.2) is 9.97 Å². The molecular weight excluding hydrogens is 198 g/mol. The summed E-state index contributed by atoms with van der Waals surface area (Å²) >= 11 is 0. The van der Waals surface area contributed by atoms with Gasteiger partial charge in [0.05, 0.1) is 0 Å². The highest BCUT2D eigenvalue weighted by molar-refractivity contribution is 5.17. The van der Waals surface area contributed by atoms with E-state index in [1.54, 1.807) is 6.33 Å². The van der Waals surface area contributed by atoms with Crippen LogP contribution in [-0.2, 0) is 5.54 Å². The third-order valence-corrected chi connectivity index (χ3v) is 4.00. The molecule has 88 valence electrons. The molecule has 1 aromatic rings. The molecule has 16 heavy (non-hydrogen) atoms. The summed E-state index contributed by atoms with van der Waals surface area (Å²) in [5.74, 6) is 1.61. The fourth-order valence-corrected chi connectivity index (χ4v) is 2.67. The maximum absolute atomic E-state index is 6.46. The highest BCUT2D eigenvalue weighted by Crippen LogP contribution is 2.39. The van der Waals surface area contributed by atoms with Gasteiger partial charge in [-0.2, -0.15) is 0 Å². The third kappa shape index (κ3) is 2.24. The van der Waals surface area contributed by atoms with E-state index in [1.807, 2.05) is 12.4 Å². The Balaban J connectivity index is 2.07. The maximum atomic E-state index is 6.46. The van der Waals surface area contributed by atoms with Crippen molar-refractivity contribution in [1.29, 1.82) is 0 Å². The van der Waals surface area contributed by atoms with Crippen molar-refractivity contribution < 1.29 is 0 Å². The van der Waals surface area contributed by atoms with Gasteiger partial charge in [-0.3, -0.25) is 0 Å². The monoisotopic (exact) mass is 219 g/mol. The second-order valence-corrected chi connectivity index (χ2v) is 5.36. The molecule has 0 unspecified atom stereocenters. The largest absolute Gasteiger partial charge is 0.321 e. The van der Waals surface area contributed by atoms with Crippen LogP contribution in [0.5, 0.6) is 0 Å². The molecule has 0 radical (unpaired) electrons. The van der Waals surface area contributed by atoms with E-state index in [9.17, 15) is 0 Å². The lowest BCUT2D eigenvalue weighted by atomic mass is 9.71. The van der Waals surface area contributed by atoms with Crippen LogP contribution in [0.15, 0.2) is 18.7 Å². The van der Waals surface area contributed by atoms with Crippen LogP contribution in [0, 0.1) is 11.8 Å². The standard InChI is InChI=1S/C13H21N3/c1-10(2)11-3-5-13(14,6-4-11)12-7-15-9-16-8-12/h7-11H,3-6,14H2,1-2H3. The van der Waals surface area contributed by atoms with Gasteiger partial charge in [-0.15, -0.1) is 0 Å². The summed E-state index contributed by atoms with van der Waals surface area (Å²) in [7, 11) is 0. The van der Waals surface area contributed by atoms with E-state index in [-0.39, 0.29) is 5.54 Å². The minimum atomic E-state index is -0.188. The van der Waals surface area contributed by atoms with E-state index in [2.05, 4.69) is 23.8 Å². The van der Waals surface area contributed by atoms with Gasteiger partial charge in [0.25, 0.3) is 0 Å². The molecule has 0 bridgehead atoms. The van der Waals surface area contributed by atoms with E-state index < -0.39 is 0 Å². The van der Waals surface area contributed by atoms with E-state index in [4.69, 9.17) is 5.73 Å². The maximum Gasteiger partial charge on any atom is 0.115 e. The average molecular weight is 219 g/mol. The first-order valence-electron chi connectivity index (χ1n) is 6.16. The second kappa shape index (κ2) is 4.50. The first-order valence-corrected chi connectivity index (χ1v) is 6.16.